The molecule has 3 rings (SSSR count). The number of hydrogen-bond acceptors (Lipinski definition) is 6. The maximum absolute atomic E-state index is 12.8. The lowest BCUT2D eigenvalue weighted by atomic mass is 10.1. The maximum Gasteiger partial charge on any atom is 0.414 e. The fourth-order valence-corrected chi connectivity index (χ4v) is 3.29. The molecule has 2 N–H and O–H groups in total. The zero-order chi connectivity index (χ0) is 23.7. The summed E-state index contributed by atoms with van der Waals surface area (Å²) in [6, 6.07) is 13.8. The fourth-order valence-electron chi connectivity index (χ4n) is 3.29. The van der Waals surface area contributed by atoms with Crippen LogP contribution in [0.2, 0.25) is 0 Å². The van der Waals surface area contributed by atoms with Gasteiger partial charge in [0.05, 0.1) is 14.2 Å². The highest BCUT2D eigenvalue weighted by molar-refractivity contribution is 6.27. The third-order valence-corrected chi connectivity index (χ3v) is 5.13. The molecule has 1 heterocycles. The van der Waals surface area contributed by atoms with Crippen LogP contribution in [0.1, 0.15) is 21.5 Å². The van der Waals surface area contributed by atoms with E-state index in [4.69, 9.17) is 29.3 Å². The van der Waals surface area contributed by atoms with Crippen LogP contribution in [0.3, 0.4) is 0 Å². The van der Waals surface area contributed by atoms with Gasteiger partial charge in [0.25, 0.3) is 5.91 Å². The Hall–Kier alpha value is -3.59. The highest BCUT2D eigenvalue weighted by Gasteiger charge is 2.23. The maximum atomic E-state index is 12.8. The SMILES string of the molecule is COc1ccc(C(=O)N2CCN(Cc3ccccc3C)CC2)cc1OC.O=C(O)C(=O)O. The van der Waals surface area contributed by atoms with Gasteiger partial charge in [-0.1, -0.05) is 24.3 Å². The van der Waals surface area contributed by atoms with E-state index in [2.05, 4.69) is 36.1 Å². The molecule has 1 fully saturated rings. The molecule has 1 amide bonds. The Morgan fingerprint density at radius 1 is 0.875 bits per heavy atom. The second kappa shape index (κ2) is 11.7. The Labute approximate surface area is 186 Å². The van der Waals surface area contributed by atoms with Crippen LogP contribution in [0.4, 0.5) is 0 Å². The number of amides is 1. The Bertz CT molecular complexity index is 941. The third kappa shape index (κ3) is 6.71. The molecule has 32 heavy (non-hydrogen) atoms. The summed E-state index contributed by atoms with van der Waals surface area (Å²) >= 11 is 0. The van der Waals surface area contributed by atoms with Crippen LogP contribution in [0.25, 0.3) is 0 Å². The number of carboxylic acid groups (broad SMARTS) is 2. The molecule has 0 bridgehead atoms. The first-order chi connectivity index (χ1) is 15.3. The topological polar surface area (TPSA) is 117 Å². The van der Waals surface area contributed by atoms with E-state index < -0.39 is 11.9 Å². The number of nitrogens with zero attached hydrogens (tertiary/aromatic N) is 2. The number of aryl methyl sites for hydroxylation is 1. The molecule has 2 aromatic carbocycles. The van der Waals surface area contributed by atoms with Crippen molar-refractivity contribution in [3.63, 3.8) is 0 Å². The van der Waals surface area contributed by atoms with Gasteiger partial charge in [-0.2, -0.15) is 0 Å². The predicted octanol–water partition coefficient (Wildman–Crippen LogP) is 2.13. The molecule has 0 saturated carbocycles. The lowest BCUT2D eigenvalue weighted by molar-refractivity contribution is -0.159. The van der Waals surface area contributed by atoms with Crippen LogP contribution < -0.4 is 9.47 Å². The number of hydrogen-bond donors (Lipinski definition) is 2. The van der Waals surface area contributed by atoms with E-state index in [1.54, 1.807) is 32.4 Å². The molecule has 0 aliphatic carbocycles. The minimum Gasteiger partial charge on any atom is -0.493 e. The molecular weight excluding hydrogens is 416 g/mol. The number of methoxy groups -OCH3 is 2. The monoisotopic (exact) mass is 444 g/mol. The molecule has 172 valence electrons. The first kappa shape index (κ1) is 24.7. The van der Waals surface area contributed by atoms with E-state index in [-0.39, 0.29) is 5.91 Å². The molecule has 0 unspecified atom stereocenters. The Morgan fingerprint density at radius 2 is 1.47 bits per heavy atom. The number of benzene rings is 2. The summed E-state index contributed by atoms with van der Waals surface area (Å²) in [5.41, 5.74) is 3.30. The average Bonchev–Trinajstić information content (AvgIpc) is 2.80. The van der Waals surface area contributed by atoms with Gasteiger partial charge in [0, 0.05) is 38.3 Å². The predicted molar refractivity (Wildman–Crippen MR) is 117 cm³/mol. The molecule has 1 aliphatic rings. The van der Waals surface area contributed by atoms with Gasteiger partial charge in [-0.15, -0.1) is 0 Å². The highest BCUT2D eigenvalue weighted by atomic mass is 16.5. The smallest absolute Gasteiger partial charge is 0.414 e. The molecule has 2 aromatic rings. The quantitative estimate of drug-likeness (QED) is 0.674. The number of ether oxygens (including phenoxy) is 2. The van der Waals surface area contributed by atoms with Crippen molar-refractivity contribution in [2.45, 2.75) is 13.5 Å². The van der Waals surface area contributed by atoms with E-state index in [0.29, 0.717) is 17.1 Å². The lowest BCUT2D eigenvalue weighted by Crippen LogP contribution is -2.48. The Balaban J connectivity index is 0.000000534. The van der Waals surface area contributed by atoms with Crippen molar-refractivity contribution in [1.29, 1.82) is 0 Å². The number of carbonyl (C=O) groups excluding carboxylic acids is 1. The van der Waals surface area contributed by atoms with Crippen molar-refractivity contribution >= 4 is 17.8 Å². The van der Waals surface area contributed by atoms with E-state index in [1.807, 2.05) is 4.90 Å². The van der Waals surface area contributed by atoms with Crippen LogP contribution in [0, 0.1) is 6.92 Å². The van der Waals surface area contributed by atoms with Crippen molar-refractivity contribution < 1.29 is 34.1 Å². The molecule has 1 saturated heterocycles. The summed E-state index contributed by atoms with van der Waals surface area (Å²) in [4.78, 5) is 35.3. The van der Waals surface area contributed by atoms with Gasteiger partial charge in [-0.25, -0.2) is 9.59 Å². The molecule has 9 heteroatoms. The van der Waals surface area contributed by atoms with Crippen molar-refractivity contribution in [3.8, 4) is 11.5 Å². The molecule has 1 aliphatic heterocycles. The molecule has 0 spiro atoms. The van der Waals surface area contributed by atoms with Crippen LogP contribution in [-0.4, -0.2) is 78.3 Å². The standard InChI is InChI=1S/C21H26N2O3.C2H2O4/c1-16-6-4-5-7-18(16)15-22-10-12-23(13-11-22)21(24)17-8-9-19(25-2)20(14-17)26-3;3-1(4)2(5)6/h4-9,14H,10-13,15H2,1-3H3;(H,3,4)(H,5,6). The summed E-state index contributed by atoms with van der Waals surface area (Å²) in [5.74, 6) is -2.39. The van der Waals surface area contributed by atoms with Gasteiger partial charge in [-0.3, -0.25) is 9.69 Å². The van der Waals surface area contributed by atoms with Gasteiger partial charge in [0.15, 0.2) is 11.5 Å². The van der Waals surface area contributed by atoms with Gasteiger partial charge in [0.1, 0.15) is 0 Å². The van der Waals surface area contributed by atoms with Crippen LogP contribution in [0.5, 0.6) is 11.5 Å². The normalized spacial score (nSPS) is 13.5. The van der Waals surface area contributed by atoms with Crippen molar-refractivity contribution in [1.82, 2.24) is 9.80 Å². The molecule has 0 radical (unpaired) electrons. The summed E-state index contributed by atoms with van der Waals surface area (Å²) in [7, 11) is 3.17. The third-order valence-electron chi connectivity index (χ3n) is 5.13. The Morgan fingerprint density at radius 3 is 2.00 bits per heavy atom. The second-order valence-corrected chi connectivity index (χ2v) is 7.17. The van der Waals surface area contributed by atoms with E-state index in [0.717, 1.165) is 32.7 Å². The number of aliphatic carboxylic acids is 2. The van der Waals surface area contributed by atoms with Crippen LogP contribution in [-0.2, 0) is 16.1 Å². The summed E-state index contributed by atoms with van der Waals surface area (Å²) < 4.78 is 10.5. The first-order valence-corrected chi connectivity index (χ1v) is 10.0. The van der Waals surface area contributed by atoms with E-state index in [1.165, 1.54) is 11.1 Å². The van der Waals surface area contributed by atoms with Crippen molar-refractivity contribution in [2.75, 3.05) is 40.4 Å². The van der Waals surface area contributed by atoms with Gasteiger partial charge in [-0.05, 0) is 36.2 Å². The zero-order valence-corrected chi connectivity index (χ0v) is 18.4. The van der Waals surface area contributed by atoms with Crippen molar-refractivity contribution in [2.24, 2.45) is 0 Å². The minimum absolute atomic E-state index is 0.0431. The van der Waals surface area contributed by atoms with Crippen LogP contribution in [0.15, 0.2) is 42.5 Å². The molecular formula is C23H28N2O7. The minimum atomic E-state index is -1.82. The summed E-state index contributed by atoms with van der Waals surface area (Å²) in [6.07, 6.45) is 0. The van der Waals surface area contributed by atoms with Crippen molar-refractivity contribution in [3.05, 3.63) is 59.2 Å². The largest absolute Gasteiger partial charge is 0.493 e. The number of rotatable bonds is 5. The molecule has 0 aromatic heterocycles. The van der Waals surface area contributed by atoms with Crippen LogP contribution >= 0.6 is 0 Å². The molecule has 9 nitrogen and oxygen atoms in total. The summed E-state index contributed by atoms with van der Waals surface area (Å²) in [6.45, 7) is 6.32. The number of carbonyl (C=O) groups is 3. The second-order valence-electron chi connectivity index (χ2n) is 7.17. The number of carboxylic acids is 2. The van der Waals surface area contributed by atoms with Gasteiger partial charge < -0.3 is 24.6 Å². The Kier molecular flexibility index (Phi) is 9.03. The number of piperazine rings is 1. The zero-order valence-electron chi connectivity index (χ0n) is 18.4. The summed E-state index contributed by atoms with van der Waals surface area (Å²) in [5, 5.41) is 14.8. The first-order valence-electron chi connectivity index (χ1n) is 10.0. The highest BCUT2D eigenvalue weighted by Crippen LogP contribution is 2.28. The van der Waals surface area contributed by atoms with Gasteiger partial charge in [0.2, 0.25) is 0 Å². The van der Waals surface area contributed by atoms with E-state index >= 15 is 0 Å². The molecule has 0 atom stereocenters. The fraction of sp³-hybridized carbons (Fsp3) is 0.348. The average molecular weight is 444 g/mol. The lowest BCUT2D eigenvalue weighted by Gasteiger charge is -2.35. The van der Waals surface area contributed by atoms with Gasteiger partial charge >= 0.3 is 11.9 Å². The van der Waals surface area contributed by atoms with E-state index in [9.17, 15) is 4.79 Å².